The van der Waals surface area contributed by atoms with E-state index in [0.29, 0.717) is 27.4 Å². The summed E-state index contributed by atoms with van der Waals surface area (Å²) < 4.78 is 0. The Bertz CT molecular complexity index is 766. The second kappa shape index (κ2) is 5.09. The summed E-state index contributed by atoms with van der Waals surface area (Å²) in [5.74, 6) is 0.953. The Morgan fingerprint density at radius 3 is 2.35 bits per heavy atom. The van der Waals surface area contributed by atoms with Crippen LogP contribution in [-0.4, -0.2) is 11.7 Å². The van der Waals surface area contributed by atoms with Crippen molar-refractivity contribution in [3.8, 4) is 0 Å². The van der Waals surface area contributed by atoms with E-state index in [0.717, 1.165) is 11.1 Å². The molecule has 0 aromatic heterocycles. The normalized spacial score (nSPS) is 15.3. The Hall–Kier alpha value is -1.55. The largest absolute Gasteiger partial charge is 0.383 e. The average molecular weight is 325 g/mol. The lowest BCUT2D eigenvalue weighted by Gasteiger charge is -2.03. The molecule has 3 rings (SSSR count). The van der Waals surface area contributed by atoms with Gasteiger partial charge in [0.15, 0.2) is 5.84 Å². The number of rotatable bonds is 1. The molecule has 0 fully saturated rings. The molecule has 1 aliphatic rings. The first-order chi connectivity index (χ1) is 9.58. The van der Waals surface area contributed by atoms with Crippen molar-refractivity contribution < 1.29 is 0 Å². The molecule has 0 saturated heterocycles. The van der Waals surface area contributed by atoms with Crippen LogP contribution in [0.1, 0.15) is 11.1 Å². The van der Waals surface area contributed by atoms with Crippen LogP contribution in [0.15, 0.2) is 46.4 Å². The molecule has 6 heteroatoms. The first-order valence-electron chi connectivity index (χ1n) is 5.74. The van der Waals surface area contributed by atoms with Gasteiger partial charge in [-0.3, -0.25) is 0 Å². The molecular weight excluding hydrogens is 317 g/mol. The molecule has 0 radical (unpaired) electrons. The Balaban J connectivity index is 2.14. The molecule has 0 atom stereocenters. The molecule has 20 heavy (non-hydrogen) atoms. The summed E-state index contributed by atoms with van der Waals surface area (Å²) in [6.07, 6.45) is 0. The highest BCUT2D eigenvalue weighted by atomic mass is 35.5. The van der Waals surface area contributed by atoms with E-state index < -0.39 is 0 Å². The minimum atomic E-state index is 0.276. The number of fused-ring (bicyclic) bond motifs is 1. The van der Waals surface area contributed by atoms with E-state index in [1.54, 1.807) is 12.1 Å². The average Bonchev–Trinajstić information content (AvgIpc) is 2.77. The van der Waals surface area contributed by atoms with Gasteiger partial charge in [-0.05, 0) is 12.1 Å². The zero-order valence-electron chi connectivity index (χ0n) is 10.1. The third kappa shape index (κ3) is 2.18. The summed E-state index contributed by atoms with van der Waals surface area (Å²) in [5.41, 5.74) is 8.11. The Morgan fingerprint density at radius 2 is 1.60 bits per heavy atom. The number of benzene rings is 2. The molecular formula is C14H8Cl3N3. The molecule has 0 amide bonds. The minimum absolute atomic E-state index is 0.276. The predicted molar refractivity (Wildman–Crippen MR) is 84.8 cm³/mol. The molecule has 0 spiro atoms. The van der Waals surface area contributed by atoms with Crippen LogP contribution < -0.4 is 5.73 Å². The van der Waals surface area contributed by atoms with Crippen LogP contribution >= 0.6 is 34.8 Å². The number of hydrogen-bond donors (Lipinski definition) is 1. The van der Waals surface area contributed by atoms with Crippen molar-refractivity contribution in [2.75, 3.05) is 0 Å². The summed E-state index contributed by atoms with van der Waals surface area (Å²) in [4.78, 5) is 8.68. The summed E-state index contributed by atoms with van der Waals surface area (Å²) in [5, 5.41) is 0.957. The molecule has 0 saturated carbocycles. The van der Waals surface area contributed by atoms with Gasteiger partial charge in [0.2, 0.25) is 0 Å². The lowest BCUT2D eigenvalue weighted by atomic mass is 10.1. The highest BCUT2D eigenvalue weighted by Gasteiger charge is 2.19. The van der Waals surface area contributed by atoms with Gasteiger partial charge in [0.1, 0.15) is 5.84 Å². The van der Waals surface area contributed by atoms with Crippen LogP contribution in [0, 0.1) is 0 Å². The third-order valence-corrected chi connectivity index (χ3v) is 4.20. The molecule has 100 valence electrons. The topological polar surface area (TPSA) is 50.7 Å². The van der Waals surface area contributed by atoms with Crippen LogP contribution in [0.2, 0.25) is 15.1 Å². The van der Waals surface area contributed by atoms with E-state index in [-0.39, 0.29) is 5.02 Å². The van der Waals surface area contributed by atoms with Crippen molar-refractivity contribution in [1.82, 2.24) is 0 Å². The van der Waals surface area contributed by atoms with Crippen molar-refractivity contribution in [2.24, 2.45) is 15.7 Å². The van der Waals surface area contributed by atoms with Crippen LogP contribution in [0.25, 0.3) is 0 Å². The van der Waals surface area contributed by atoms with Gasteiger partial charge in [0.25, 0.3) is 0 Å². The highest BCUT2D eigenvalue weighted by molar-refractivity contribution is 6.49. The number of hydrogen-bond acceptors (Lipinski definition) is 2. The maximum atomic E-state index is 6.14. The van der Waals surface area contributed by atoms with Crippen molar-refractivity contribution >= 4 is 52.2 Å². The fourth-order valence-corrected chi connectivity index (χ4v) is 2.51. The molecule has 0 unspecified atom stereocenters. The van der Waals surface area contributed by atoms with Crippen LogP contribution in [0.3, 0.4) is 0 Å². The minimum Gasteiger partial charge on any atom is -0.383 e. The van der Waals surface area contributed by atoms with Gasteiger partial charge in [0, 0.05) is 11.1 Å². The Morgan fingerprint density at radius 1 is 0.900 bits per heavy atom. The fourth-order valence-electron chi connectivity index (χ4n) is 1.94. The van der Waals surface area contributed by atoms with Crippen molar-refractivity contribution in [3.63, 3.8) is 0 Å². The zero-order valence-corrected chi connectivity index (χ0v) is 12.3. The van der Waals surface area contributed by atoms with E-state index in [9.17, 15) is 0 Å². The maximum absolute atomic E-state index is 6.14. The molecule has 2 aromatic rings. The zero-order chi connectivity index (χ0) is 14.3. The van der Waals surface area contributed by atoms with Gasteiger partial charge in [-0.25, -0.2) is 9.98 Å². The van der Waals surface area contributed by atoms with Crippen molar-refractivity contribution in [1.29, 1.82) is 0 Å². The summed E-state index contributed by atoms with van der Waals surface area (Å²) >= 11 is 18.0. The highest BCUT2D eigenvalue weighted by Crippen LogP contribution is 2.37. The first-order valence-corrected chi connectivity index (χ1v) is 6.87. The Labute approximate surface area is 130 Å². The van der Waals surface area contributed by atoms with E-state index in [1.807, 2.05) is 24.3 Å². The van der Waals surface area contributed by atoms with Crippen LogP contribution in [-0.2, 0) is 0 Å². The third-order valence-electron chi connectivity index (χ3n) is 2.91. The second-order valence-corrected chi connectivity index (χ2v) is 5.34. The van der Waals surface area contributed by atoms with Crippen LogP contribution in [0.5, 0.6) is 0 Å². The van der Waals surface area contributed by atoms with E-state index >= 15 is 0 Å². The Kier molecular flexibility index (Phi) is 3.42. The van der Waals surface area contributed by atoms with Crippen LogP contribution in [0.4, 0.5) is 5.69 Å². The van der Waals surface area contributed by atoms with Gasteiger partial charge in [-0.2, -0.15) is 0 Å². The fraction of sp³-hybridized carbons (Fsp3) is 0. The standard InChI is InChI=1S/C14H8Cl3N3/c15-9-5-6-10(12(17)11(9)16)19-14-8-4-2-1-3-7(8)13(18)20-14/h1-6H,(H2,18,19,20). The SMILES string of the molecule is NC1=NC(=Nc2ccc(Cl)c(Cl)c2Cl)c2ccccc21. The molecule has 1 heterocycles. The number of aliphatic imine (C=N–C) groups is 2. The van der Waals surface area contributed by atoms with Gasteiger partial charge >= 0.3 is 0 Å². The quantitative estimate of drug-likeness (QED) is 0.774. The number of nitrogens with two attached hydrogens (primary N) is 1. The lowest BCUT2D eigenvalue weighted by Crippen LogP contribution is -2.09. The first kappa shape index (κ1) is 13.4. The lowest BCUT2D eigenvalue weighted by molar-refractivity contribution is 1.47. The molecule has 1 aliphatic heterocycles. The molecule has 2 aromatic carbocycles. The number of halogens is 3. The summed E-state index contributed by atoms with van der Waals surface area (Å²) in [7, 11) is 0. The van der Waals surface area contributed by atoms with Gasteiger partial charge < -0.3 is 5.73 Å². The molecule has 0 aliphatic carbocycles. The van der Waals surface area contributed by atoms with Gasteiger partial charge in [0.05, 0.1) is 20.8 Å². The van der Waals surface area contributed by atoms with E-state index in [1.165, 1.54) is 0 Å². The van der Waals surface area contributed by atoms with E-state index in [4.69, 9.17) is 40.5 Å². The molecule has 2 N–H and O–H groups in total. The molecule has 0 bridgehead atoms. The monoisotopic (exact) mass is 323 g/mol. The second-order valence-electron chi connectivity index (χ2n) is 4.17. The smallest absolute Gasteiger partial charge is 0.162 e. The predicted octanol–water partition coefficient (Wildman–Crippen LogP) is 4.44. The summed E-state index contributed by atoms with van der Waals surface area (Å²) in [6.45, 7) is 0. The maximum Gasteiger partial charge on any atom is 0.162 e. The van der Waals surface area contributed by atoms with Crippen molar-refractivity contribution in [2.45, 2.75) is 0 Å². The van der Waals surface area contributed by atoms with E-state index in [2.05, 4.69) is 9.98 Å². The van der Waals surface area contributed by atoms with Gasteiger partial charge in [-0.15, -0.1) is 0 Å². The number of amidine groups is 2. The van der Waals surface area contributed by atoms with Crippen molar-refractivity contribution in [3.05, 3.63) is 62.6 Å². The number of nitrogens with zero attached hydrogens (tertiary/aromatic N) is 2. The summed E-state index contributed by atoms with van der Waals surface area (Å²) in [6, 6.07) is 10.9. The van der Waals surface area contributed by atoms with Gasteiger partial charge in [-0.1, -0.05) is 59.1 Å². The molecule has 3 nitrogen and oxygen atoms in total.